The summed E-state index contributed by atoms with van der Waals surface area (Å²) < 4.78 is 5.72. The van der Waals surface area contributed by atoms with Crippen molar-refractivity contribution in [2.24, 2.45) is 0 Å². The van der Waals surface area contributed by atoms with Gasteiger partial charge >= 0.3 is 0 Å². The lowest BCUT2D eigenvalue weighted by atomic mass is 10.0. The Hall–Kier alpha value is -2.09. The maximum absolute atomic E-state index is 12.5. The van der Waals surface area contributed by atoms with Gasteiger partial charge in [0, 0.05) is 5.56 Å². The number of hydrogen-bond donors (Lipinski definition) is 0. The summed E-state index contributed by atoms with van der Waals surface area (Å²) in [5, 5.41) is 0. The van der Waals surface area contributed by atoms with Crippen LogP contribution >= 0.6 is 0 Å². The average Bonchev–Trinajstić information content (AvgIpc) is 2.40. The quantitative estimate of drug-likeness (QED) is 0.770. The number of aryl methyl sites for hydroxylation is 1. The largest absolute Gasteiger partial charge is 0.490 e. The lowest BCUT2D eigenvalue weighted by Crippen LogP contribution is -2.11. The van der Waals surface area contributed by atoms with Gasteiger partial charge in [-0.05, 0) is 32.9 Å². The van der Waals surface area contributed by atoms with Gasteiger partial charge < -0.3 is 4.74 Å². The minimum Gasteiger partial charge on any atom is -0.490 e. The van der Waals surface area contributed by atoms with Crippen LogP contribution in [0.3, 0.4) is 0 Å². The summed E-state index contributed by atoms with van der Waals surface area (Å²) in [7, 11) is 0. The Bertz CT molecular complexity index is 571. The van der Waals surface area contributed by atoms with E-state index >= 15 is 0 Å². The van der Waals surface area contributed by atoms with E-state index in [0.29, 0.717) is 16.9 Å². The number of ketones is 1. The lowest BCUT2D eigenvalue weighted by Gasteiger charge is -2.14. The Balaban J connectivity index is 2.43. The zero-order chi connectivity index (χ0) is 13.8. The minimum absolute atomic E-state index is 0.0000463. The summed E-state index contributed by atoms with van der Waals surface area (Å²) in [6.45, 7) is 5.88. The second-order valence-electron chi connectivity index (χ2n) is 4.86. The maximum atomic E-state index is 12.5. The first-order valence-corrected chi connectivity index (χ1v) is 6.45. The van der Waals surface area contributed by atoms with Gasteiger partial charge in [0.25, 0.3) is 0 Å². The van der Waals surface area contributed by atoms with E-state index in [1.54, 1.807) is 0 Å². The van der Waals surface area contributed by atoms with Crippen molar-refractivity contribution in [3.63, 3.8) is 0 Å². The molecule has 0 aliphatic rings. The number of benzene rings is 2. The summed E-state index contributed by atoms with van der Waals surface area (Å²) in [4.78, 5) is 12.5. The molecular weight excluding hydrogens is 236 g/mol. The summed E-state index contributed by atoms with van der Waals surface area (Å²) in [5.41, 5.74) is 2.36. The summed E-state index contributed by atoms with van der Waals surface area (Å²) >= 11 is 0. The third-order valence-corrected chi connectivity index (χ3v) is 2.78. The molecule has 0 aliphatic carbocycles. The van der Waals surface area contributed by atoms with Crippen molar-refractivity contribution in [2.75, 3.05) is 0 Å². The van der Waals surface area contributed by atoms with E-state index in [2.05, 4.69) is 0 Å². The predicted octanol–water partition coefficient (Wildman–Crippen LogP) is 4.01. The van der Waals surface area contributed by atoms with Crippen LogP contribution < -0.4 is 4.74 Å². The van der Waals surface area contributed by atoms with Crippen LogP contribution in [0.15, 0.2) is 48.5 Å². The summed E-state index contributed by atoms with van der Waals surface area (Å²) in [6, 6.07) is 15.0. The zero-order valence-corrected chi connectivity index (χ0v) is 11.5. The molecule has 0 saturated heterocycles. The summed E-state index contributed by atoms with van der Waals surface area (Å²) in [5.74, 6) is 0.648. The van der Waals surface area contributed by atoms with E-state index in [9.17, 15) is 4.79 Å². The SMILES string of the molecule is Cc1ccc(OC(C)C)c(C(=O)c2ccccc2)c1. The van der Waals surface area contributed by atoms with Crippen molar-refractivity contribution in [2.45, 2.75) is 26.9 Å². The van der Waals surface area contributed by atoms with Crippen molar-refractivity contribution in [3.05, 3.63) is 65.2 Å². The molecule has 0 fully saturated rings. The van der Waals surface area contributed by atoms with Crippen LogP contribution in [0.2, 0.25) is 0 Å². The first-order chi connectivity index (χ1) is 9.08. The van der Waals surface area contributed by atoms with E-state index in [-0.39, 0.29) is 11.9 Å². The smallest absolute Gasteiger partial charge is 0.196 e. The highest BCUT2D eigenvalue weighted by molar-refractivity contribution is 6.10. The van der Waals surface area contributed by atoms with Gasteiger partial charge in [-0.3, -0.25) is 4.79 Å². The molecule has 2 rings (SSSR count). The molecule has 2 heteroatoms. The number of hydrogen-bond acceptors (Lipinski definition) is 2. The standard InChI is InChI=1S/C17H18O2/c1-12(2)19-16-10-9-13(3)11-15(16)17(18)14-7-5-4-6-8-14/h4-12H,1-3H3. The number of carbonyl (C=O) groups excluding carboxylic acids is 1. The minimum atomic E-state index is -0.0000463. The lowest BCUT2D eigenvalue weighted by molar-refractivity contribution is 0.103. The third-order valence-electron chi connectivity index (χ3n) is 2.78. The molecule has 98 valence electrons. The van der Waals surface area contributed by atoms with E-state index in [1.807, 2.05) is 69.3 Å². The molecule has 0 saturated carbocycles. The molecular formula is C17H18O2. The van der Waals surface area contributed by atoms with Crippen molar-refractivity contribution in [3.8, 4) is 5.75 Å². The number of carbonyl (C=O) groups is 1. The van der Waals surface area contributed by atoms with Crippen LogP contribution in [0.5, 0.6) is 5.75 Å². The molecule has 2 nitrogen and oxygen atoms in total. The van der Waals surface area contributed by atoms with Gasteiger partial charge in [0.2, 0.25) is 0 Å². The molecule has 0 bridgehead atoms. The Morgan fingerprint density at radius 3 is 2.37 bits per heavy atom. The fourth-order valence-electron chi connectivity index (χ4n) is 1.92. The normalized spacial score (nSPS) is 10.5. The van der Waals surface area contributed by atoms with Crippen molar-refractivity contribution >= 4 is 5.78 Å². The van der Waals surface area contributed by atoms with E-state index < -0.39 is 0 Å². The van der Waals surface area contributed by atoms with Gasteiger partial charge in [-0.15, -0.1) is 0 Å². The van der Waals surface area contributed by atoms with Crippen molar-refractivity contribution in [1.29, 1.82) is 0 Å². The third kappa shape index (κ3) is 3.22. The Morgan fingerprint density at radius 2 is 1.74 bits per heavy atom. The number of ether oxygens (including phenoxy) is 1. The molecule has 0 spiro atoms. The van der Waals surface area contributed by atoms with Crippen LogP contribution in [0.4, 0.5) is 0 Å². The van der Waals surface area contributed by atoms with E-state index in [1.165, 1.54) is 0 Å². The molecule has 0 aliphatic heterocycles. The highest BCUT2D eigenvalue weighted by Crippen LogP contribution is 2.24. The predicted molar refractivity (Wildman–Crippen MR) is 76.8 cm³/mol. The van der Waals surface area contributed by atoms with Crippen molar-refractivity contribution in [1.82, 2.24) is 0 Å². The molecule has 19 heavy (non-hydrogen) atoms. The van der Waals surface area contributed by atoms with Crippen LogP contribution in [0, 0.1) is 6.92 Å². The van der Waals surface area contributed by atoms with Gasteiger partial charge in [0.1, 0.15) is 5.75 Å². The first-order valence-electron chi connectivity index (χ1n) is 6.45. The average molecular weight is 254 g/mol. The summed E-state index contributed by atoms with van der Waals surface area (Å²) in [6.07, 6.45) is 0.0463. The molecule has 0 aromatic heterocycles. The Kier molecular flexibility index (Phi) is 4.00. The molecule has 0 radical (unpaired) electrons. The fraction of sp³-hybridized carbons (Fsp3) is 0.235. The molecule has 0 heterocycles. The second kappa shape index (κ2) is 5.70. The van der Waals surface area contributed by atoms with Crippen LogP contribution in [0.1, 0.15) is 35.3 Å². The highest BCUT2D eigenvalue weighted by atomic mass is 16.5. The molecule has 2 aromatic carbocycles. The molecule has 0 amide bonds. The fourth-order valence-corrected chi connectivity index (χ4v) is 1.92. The van der Waals surface area contributed by atoms with Gasteiger partial charge in [0.05, 0.1) is 11.7 Å². The molecule has 0 atom stereocenters. The molecule has 0 unspecified atom stereocenters. The van der Waals surface area contributed by atoms with Gasteiger partial charge in [0.15, 0.2) is 5.78 Å². The van der Waals surface area contributed by atoms with E-state index in [4.69, 9.17) is 4.74 Å². The maximum Gasteiger partial charge on any atom is 0.196 e. The monoisotopic (exact) mass is 254 g/mol. The Morgan fingerprint density at radius 1 is 1.05 bits per heavy atom. The Labute approximate surface area is 114 Å². The first kappa shape index (κ1) is 13.3. The molecule has 0 N–H and O–H groups in total. The molecule has 2 aromatic rings. The van der Waals surface area contributed by atoms with Crippen LogP contribution in [-0.4, -0.2) is 11.9 Å². The van der Waals surface area contributed by atoms with E-state index in [0.717, 1.165) is 5.56 Å². The topological polar surface area (TPSA) is 26.3 Å². The van der Waals surface area contributed by atoms with Gasteiger partial charge in [-0.25, -0.2) is 0 Å². The zero-order valence-electron chi connectivity index (χ0n) is 11.5. The van der Waals surface area contributed by atoms with Gasteiger partial charge in [-0.2, -0.15) is 0 Å². The second-order valence-corrected chi connectivity index (χ2v) is 4.86. The van der Waals surface area contributed by atoms with Gasteiger partial charge in [-0.1, -0.05) is 42.0 Å². The highest BCUT2D eigenvalue weighted by Gasteiger charge is 2.15. The number of rotatable bonds is 4. The van der Waals surface area contributed by atoms with Crippen LogP contribution in [-0.2, 0) is 0 Å². The van der Waals surface area contributed by atoms with Crippen molar-refractivity contribution < 1.29 is 9.53 Å². The van der Waals surface area contributed by atoms with Crippen LogP contribution in [0.25, 0.3) is 0 Å².